The second kappa shape index (κ2) is 4.95. The van der Waals surface area contributed by atoms with Crippen LogP contribution in [0.15, 0.2) is 30.5 Å². The van der Waals surface area contributed by atoms with Gasteiger partial charge in [-0.1, -0.05) is 0 Å². The number of anilines is 1. The highest BCUT2D eigenvalue weighted by Gasteiger charge is 2.33. The number of nitrogens with two attached hydrogens (primary N) is 1. The van der Waals surface area contributed by atoms with Crippen molar-refractivity contribution in [3.05, 3.63) is 47.8 Å². The quantitative estimate of drug-likeness (QED) is 0.857. The third-order valence-electron chi connectivity index (χ3n) is 2.30. The van der Waals surface area contributed by atoms with Gasteiger partial charge in [-0.25, -0.2) is 13.8 Å². The van der Waals surface area contributed by atoms with E-state index >= 15 is 0 Å². The Hall–Kier alpha value is -2.38. The monoisotopic (exact) mass is 290 g/mol. The molecule has 0 unspecified atom stereocenters. The summed E-state index contributed by atoms with van der Waals surface area (Å²) in [4.78, 5) is 3.10. The minimum Gasteiger partial charge on any atom is -0.452 e. The van der Waals surface area contributed by atoms with Crippen LogP contribution in [-0.4, -0.2) is 4.98 Å². The van der Waals surface area contributed by atoms with E-state index in [0.29, 0.717) is 12.1 Å². The van der Waals surface area contributed by atoms with Gasteiger partial charge in [0.1, 0.15) is 11.5 Å². The molecule has 0 bridgehead atoms. The maximum absolute atomic E-state index is 13.4. The van der Waals surface area contributed by atoms with Crippen LogP contribution in [0.25, 0.3) is 0 Å². The van der Waals surface area contributed by atoms with Crippen molar-refractivity contribution in [1.82, 2.24) is 4.98 Å². The highest BCUT2D eigenvalue weighted by Crippen LogP contribution is 2.34. The van der Waals surface area contributed by atoms with Gasteiger partial charge >= 0.3 is 6.18 Å². The molecular formula is C12H7F5N2O. The summed E-state index contributed by atoms with van der Waals surface area (Å²) >= 11 is 0. The van der Waals surface area contributed by atoms with Gasteiger partial charge in [0.05, 0.1) is 11.9 Å². The van der Waals surface area contributed by atoms with E-state index in [1.54, 1.807) is 0 Å². The molecule has 0 saturated carbocycles. The standard InChI is InChI=1S/C12H7F5N2O/c13-6-1-2-9(7(14)3-6)20-10-4-11(12(15,16)17)19-5-8(10)18/h1-5H,18H2. The van der Waals surface area contributed by atoms with Gasteiger partial charge in [-0.15, -0.1) is 0 Å². The summed E-state index contributed by atoms with van der Waals surface area (Å²) in [6.07, 6.45) is -3.94. The molecule has 0 fully saturated rings. The fourth-order valence-corrected chi connectivity index (χ4v) is 1.37. The van der Waals surface area contributed by atoms with Crippen LogP contribution in [0.1, 0.15) is 5.69 Å². The lowest BCUT2D eigenvalue weighted by atomic mass is 10.3. The first-order chi connectivity index (χ1) is 9.27. The Labute approximate surface area is 109 Å². The molecular weight excluding hydrogens is 283 g/mol. The van der Waals surface area contributed by atoms with Crippen molar-refractivity contribution in [3.63, 3.8) is 0 Å². The Morgan fingerprint density at radius 3 is 2.35 bits per heavy atom. The lowest BCUT2D eigenvalue weighted by Gasteiger charge is -2.11. The highest BCUT2D eigenvalue weighted by atomic mass is 19.4. The predicted molar refractivity (Wildman–Crippen MR) is 60.1 cm³/mol. The zero-order chi connectivity index (χ0) is 14.9. The van der Waals surface area contributed by atoms with Crippen LogP contribution >= 0.6 is 0 Å². The van der Waals surface area contributed by atoms with Crippen LogP contribution < -0.4 is 10.5 Å². The van der Waals surface area contributed by atoms with Crippen LogP contribution in [-0.2, 0) is 6.18 Å². The summed E-state index contributed by atoms with van der Waals surface area (Å²) in [5.74, 6) is -2.77. The largest absolute Gasteiger partial charge is 0.452 e. The number of alkyl halides is 3. The van der Waals surface area contributed by atoms with Gasteiger partial charge in [-0.3, -0.25) is 0 Å². The van der Waals surface area contributed by atoms with Crippen LogP contribution in [0, 0.1) is 11.6 Å². The molecule has 2 N–H and O–H groups in total. The zero-order valence-electron chi connectivity index (χ0n) is 9.71. The molecule has 0 spiro atoms. The fourth-order valence-electron chi connectivity index (χ4n) is 1.37. The first-order valence-corrected chi connectivity index (χ1v) is 5.23. The Kier molecular flexibility index (Phi) is 3.47. The molecule has 0 saturated heterocycles. The van der Waals surface area contributed by atoms with Crippen molar-refractivity contribution < 1.29 is 26.7 Å². The zero-order valence-corrected chi connectivity index (χ0v) is 9.71. The summed E-state index contributed by atoms with van der Waals surface area (Å²) in [5, 5.41) is 0. The van der Waals surface area contributed by atoms with E-state index < -0.39 is 35.0 Å². The van der Waals surface area contributed by atoms with E-state index in [0.717, 1.165) is 18.3 Å². The Morgan fingerprint density at radius 1 is 1.05 bits per heavy atom. The lowest BCUT2D eigenvalue weighted by Crippen LogP contribution is -2.09. The maximum atomic E-state index is 13.4. The van der Waals surface area contributed by atoms with Gasteiger partial charge in [0, 0.05) is 12.1 Å². The van der Waals surface area contributed by atoms with Crippen LogP contribution in [0.3, 0.4) is 0 Å². The van der Waals surface area contributed by atoms with Crippen LogP contribution in [0.5, 0.6) is 11.5 Å². The van der Waals surface area contributed by atoms with E-state index in [4.69, 9.17) is 10.5 Å². The third-order valence-corrected chi connectivity index (χ3v) is 2.30. The summed E-state index contributed by atoms with van der Waals surface area (Å²) in [5.41, 5.74) is 3.97. The van der Waals surface area contributed by atoms with Gasteiger partial charge in [0.2, 0.25) is 0 Å². The average molecular weight is 290 g/mol. The SMILES string of the molecule is Nc1cnc(C(F)(F)F)cc1Oc1ccc(F)cc1F. The van der Waals surface area contributed by atoms with E-state index in [2.05, 4.69) is 4.98 Å². The maximum Gasteiger partial charge on any atom is 0.433 e. The van der Waals surface area contributed by atoms with E-state index in [1.807, 2.05) is 0 Å². The molecule has 0 aliphatic heterocycles. The number of aromatic nitrogens is 1. The van der Waals surface area contributed by atoms with Crippen LogP contribution in [0.2, 0.25) is 0 Å². The molecule has 0 atom stereocenters. The summed E-state index contributed by atoms with van der Waals surface area (Å²) in [7, 11) is 0. The molecule has 0 amide bonds. The molecule has 20 heavy (non-hydrogen) atoms. The molecule has 2 rings (SSSR count). The molecule has 106 valence electrons. The second-order valence-corrected chi connectivity index (χ2v) is 3.78. The number of nitrogen functional groups attached to an aromatic ring is 1. The van der Waals surface area contributed by atoms with Gasteiger partial charge in [-0.05, 0) is 12.1 Å². The van der Waals surface area contributed by atoms with Gasteiger partial charge < -0.3 is 10.5 Å². The van der Waals surface area contributed by atoms with Crippen molar-refractivity contribution >= 4 is 5.69 Å². The molecule has 1 heterocycles. The average Bonchev–Trinajstić information content (AvgIpc) is 2.33. The number of hydrogen-bond acceptors (Lipinski definition) is 3. The Balaban J connectivity index is 2.38. The summed E-state index contributed by atoms with van der Waals surface area (Å²) in [6, 6.07) is 2.92. The summed E-state index contributed by atoms with van der Waals surface area (Å²) in [6.45, 7) is 0. The van der Waals surface area contributed by atoms with Crippen molar-refractivity contribution in [1.29, 1.82) is 0 Å². The number of nitrogens with zero attached hydrogens (tertiary/aromatic N) is 1. The first kappa shape index (κ1) is 14.0. The molecule has 0 aliphatic rings. The van der Waals surface area contributed by atoms with Crippen molar-refractivity contribution in [2.45, 2.75) is 6.18 Å². The van der Waals surface area contributed by atoms with Crippen molar-refractivity contribution in [3.8, 4) is 11.5 Å². The predicted octanol–water partition coefficient (Wildman–Crippen LogP) is 3.75. The second-order valence-electron chi connectivity index (χ2n) is 3.78. The number of hydrogen-bond donors (Lipinski definition) is 1. The van der Waals surface area contributed by atoms with Crippen molar-refractivity contribution in [2.24, 2.45) is 0 Å². The van der Waals surface area contributed by atoms with Gasteiger partial charge in [0.25, 0.3) is 0 Å². The fraction of sp³-hybridized carbons (Fsp3) is 0.0833. The topological polar surface area (TPSA) is 48.1 Å². The van der Waals surface area contributed by atoms with Crippen LogP contribution in [0.4, 0.5) is 27.6 Å². The van der Waals surface area contributed by atoms with Crippen molar-refractivity contribution in [2.75, 3.05) is 5.73 Å². The summed E-state index contributed by atoms with van der Waals surface area (Å²) < 4.78 is 68.5. The molecule has 2 aromatic rings. The smallest absolute Gasteiger partial charge is 0.433 e. The lowest BCUT2D eigenvalue weighted by molar-refractivity contribution is -0.141. The van der Waals surface area contributed by atoms with E-state index in [-0.39, 0.29) is 5.69 Å². The minimum absolute atomic E-state index is 0.207. The molecule has 3 nitrogen and oxygen atoms in total. The van der Waals surface area contributed by atoms with E-state index in [1.165, 1.54) is 0 Å². The molecule has 0 radical (unpaired) electrons. The molecule has 8 heteroatoms. The normalized spacial score (nSPS) is 11.4. The molecule has 1 aromatic heterocycles. The number of halogens is 5. The van der Waals surface area contributed by atoms with Gasteiger partial charge in [0.15, 0.2) is 17.3 Å². The number of benzene rings is 1. The Morgan fingerprint density at radius 2 is 1.75 bits per heavy atom. The number of pyridine rings is 1. The van der Waals surface area contributed by atoms with E-state index in [9.17, 15) is 22.0 Å². The molecule has 0 aliphatic carbocycles. The van der Waals surface area contributed by atoms with Gasteiger partial charge in [-0.2, -0.15) is 13.2 Å². The first-order valence-electron chi connectivity index (χ1n) is 5.23. The third kappa shape index (κ3) is 2.95. The minimum atomic E-state index is -4.69. The number of rotatable bonds is 2. The molecule has 1 aromatic carbocycles. The number of ether oxygens (including phenoxy) is 1. The highest BCUT2D eigenvalue weighted by molar-refractivity contribution is 5.53. The Bertz CT molecular complexity index is 642.